The van der Waals surface area contributed by atoms with Gasteiger partial charge in [0.05, 0.1) is 13.4 Å². The van der Waals surface area contributed by atoms with E-state index >= 15 is 0 Å². The fourth-order valence-corrected chi connectivity index (χ4v) is 4.36. The largest absolute Gasteiger partial charge is 0.497 e. The third kappa shape index (κ3) is 6.17. The number of amides is 1. The molecule has 2 atom stereocenters. The van der Waals surface area contributed by atoms with Gasteiger partial charge in [0.15, 0.2) is 0 Å². The van der Waals surface area contributed by atoms with E-state index in [0.29, 0.717) is 25.9 Å². The molecule has 7 heteroatoms. The van der Waals surface area contributed by atoms with Gasteiger partial charge in [-0.1, -0.05) is 18.2 Å². The zero-order valence-electron chi connectivity index (χ0n) is 19.6. The summed E-state index contributed by atoms with van der Waals surface area (Å²) in [5.74, 6) is 2.09. The normalized spacial score (nSPS) is 16.7. The molecule has 0 saturated heterocycles. The Kier molecular flexibility index (Phi) is 7.85. The summed E-state index contributed by atoms with van der Waals surface area (Å²) < 4.78 is 30.3. The molecule has 6 nitrogen and oxygen atoms in total. The number of ether oxygens (including phenoxy) is 2. The summed E-state index contributed by atoms with van der Waals surface area (Å²) >= 11 is 0. The molecule has 34 heavy (non-hydrogen) atoms. The Morgan fingerprint density at radius 2 is 2.06 bits per heavy atom. The second-order valence-electron chi connectivity index (χ2n) is 8.65. The molecular weight excluding hydrogens is 435 g/mol. The molecule has 1 aliphatic rings. The molecule has 2 heterocycles. The lowest BCUT2D eigenvalue weighted by Gasteiger charge is -2.21. The van der Waals surface area contributed by atoms with Crippen molar-refractivity contribution in [3.8, 4) is 11.5 Å². The summed E-state index contributed by atoms with van der Waals surface area (Å²) in [4.78, 5) is 14.8. The molecule has 0 bridgehead atoms. The van der Waals surface area contributed by atoms with Crippen LogP contribution in [0, 0.1) is 5.82 Å². The number of benzene rings is 2. The zero-order chi connectivity index (χ0) is 23.9. The molecular formula is C27H31FN2O4. The minimum Gasteiger partial charge on any atom is -0.497 e. The highest BCUT2D eigenvalue weighted by atomic mass is 19.1. The second-order valence-corrected chi connectivity index (χ2v) is 8.65. The number of nitrogens with zero attached hydrogens (tertiary/aromatic N) is 1. The lowest BCUT2D eigenvalue weighted by Crippen LogP contribution is -2.35. The van der Waals surface area contributed by atoms with Crippen LogP contribution >= 0.6 is 0 Å². The smallest absolute Gasteiger partial charge is 0.221 e. The summed E-state index contributed by atoms with van der Waals surface area (Å²) in [5, 5.41) is 3.03. The fraction of sp³-hybridized carbons (Fsp3) is 0.370. The zero-order valence-corrected chi connectivity index (χ0v) is 19.6. The first-order chi connectivity index (χ1) is 16.5. The SMILES string of the molecule is COc1ccc2c(c1)O[C@H](C)CN(CCC(=O)NCC[C@H](c1ccc(F)cc1)c1ccco1)C2. The van der Waals surface area contributed by atoms with Crippen LogP contribution in [0.25, 0.3) is 0 Å². The van der Waals surface area contributed by atoms with Crippen LogP contribution in [0.3, 0.4) is 0 Å². The topological polar surface area (TPSA) is 63.9 Å². The maximum atomic E-state index is 13.4. The Labute approximate surface area is 199 Å². The van der Waals surface area contributed by atoms with Crippen molar-refractivity contribution in [3.63, 3.8) is 0 Å². The van der Waals surface area contributed by atoms with Crippen LogP contribution < -0.4 is 14.8 Å². The number of hydrogen-bond donors (Lipinski definition) is 1. The summed E-state index contributed by atoms with van der Waals surface area (Å²) in [5.41, 5.74) is 2.05. The summed E-state index contributed by atoms with van der Waals surface area (Å²) in [6, 6.07) is 16.0. The van der Waals surface area contributed by atoms with Crippen LogP contribution in [0.15, 0.2) is 65.3 Å². The quantitative estimate of drug-likeness (QED) is 0.494. The van der Waals surface area contributed by atoms with E-state index in [2.05, 4.69) is 10.2 Å². The molecule has 0 saturated carbocycles. The summed E-state index contributed by atoms with van der Waals surface area (Å²) in [6.07, 6.45) is 2.71. The molecule has 0 radical (unpaired) electrons. The monoisotopic (exact) mass is 466 g/mol. The van der Waals surface area contributed by atoms with Crippen molar-refractivity contribution >= 4 is 5.91 Å². The maximum absolute atomic E-state index is 13.4. The van der Waals surface area contributed by atoms with Crippen molar-refractivity contribution < 1.29 is 23.1 Å². The van der Waals surface area contributed by atoms with Crippen molar-refractivity contribution in [2.45, 2.75) is 38.3 Å². The first-order valence-electron chi connectivity index (χ1n) is 11.6. The van der Waals surface area contributed by atoms with Gasteiger partial charge in [0.2, 0.25) is 5.91 Å². The molecule has 1 N–H and O–H groups in total. The Morgan fingerprint density at radius 1 is 1.24 bits per heavy atom. The number of nitrogens with one attached hydrogen (secondary N) is 1. The van der Waals surface area contributed by atoms with Gasteiger partial charge in [-0.15, -0.1) is 0 Å². The minimum absolute atomic E-state index is 0.00470. The van der Waals surface area contributed by atoms with E-state index in [0.717, 1.165) is 41.5 Å². The van der Waals surface area contributed by atoms with Crippen molar-refractivity contribution in [3.05, 3.63) is 83.6 Å². The Balaban J connectivity index is 1.29. The van der Waals surface area contributed by atoms with Crippen molar-refractivity contribution in [2.75, 3.05) is 26.7 Å². The van der Waals surface area contributed by atoms with Crippen molar-refractivity contribution in [2.24, 2.45) is 0 Å². The van der Waals surface area contributed by atoms with Gasteiger partial charge < -0.3 is 19.2 Å². The number of fused-ring (bicyclic) bond motifs is 1. The number of halogens is 1. The van der Waals surface area contributed by atoms with Crippen LogP contribution in [0.1, 0.15) is 42.6 Å². The predicted molar refractivity (Wildman–Crippen MR) is 128 cm³/mol. The number of hydrogen-bond acceptors (Lipinski definition) is 5. The molecule has 0 aliphatic carbocycles. The first-order valence-corrected chi connectivity index (χ1v) is 11.6. The van der Waals surface area contributed by atoms with E-state index in [1.54, 1.807) is 25.5 Å². The minimum atomic E-state index is -0.273. The van der Waals surface area contributed by atoms with Gasteiger partial charge in [0.1, 0.15) is 29.2 Å². The molecule has 1 aliphatic heterocycles. The fourth-order valence-electron chi connectivity index (χ4n) is 4.36. The molecule has 0 unspecified atom stereocenters. The van der Waals surface area contributed by atoms with Crippen molar-refractivity contribution in [1.82, 2.24) is 10.2 Å². The second kappa shape index (κ2) is 11.2. The van der Waals surface area contributed by atoms with Gasteiger partial charge in [0.25, 0.3) is 0 Å². The van der Waals surface area contributed by atoms with Crippen molar-refractivity contribution in [1.29, 1.82) is 0 Å². The maximum Gasteiger partial charge on any atom is 0.221 e. The number of methoxy groups -OCH3 is 1. The average Bonchev–Trinajstić information content (AvgIpc) is 3.31. The van der Waals surface area contributed by atoms with E-state index in [1.165, 1.54) is 12.1 Å². The van der Waals surface area contributed by atoms with E-state index in [-0.39, 0.29) is 23.7 Å². The Morgan fingerprint density at radius 3 is 2.79 bits per heavy atom. The molecule has 3 aromatic rings. The first kappa shape index (κ1) is 23.8. The third-order valence-corrected chi connectivity index (χ3v) is 6.08. The van der Waals surface area contributed by atoms with E-state index in [1.807, 2.05) is 37.3 Å². The van der Waals surface area contributed by atoms with E-state index in [9.17, 15) is 9.18 Å². The highest BCUT2D eigenvalue weighted by Gasteiger charge is 2.22. The van der Waals surface area contributed by atoms with Gasteiger partial charge in [0, 0.05) is 50.1 Å². The van der Waals surface area contributed by atoms with Crippen LogP contribution in [-0.2, 0) is 11.3 Å². The van der Waals surface area contributed by atoms with Crippen LogP contribution in [0.2, 0.25) is 0 Å². The highest BCUT2D eigenvalue weighted by Crippen LogP contribution is 2.30. The molecule has 180 valence electrons. The number of carbonyl (C=O) groups is 1. The summed E-state index contributed by atoms with van der Waals surface area (Å²) in [6.45, 7) is 4.65. The van der Waals surface area contributed by atoms with E-state index < -0.39 is 0 Å². The average molecular weight is 467 g/mol. The van der Waals surface area contributed by atoms with Gasteiger partial charge >= 0.3 is 0 Å². The lowest BCUT2D eigenvalue weighted by molar-refractivity contribution is -0.121. The van der Waals surface area contributed by atoms with Gasteiger partial charge in [-0.3, -0.25) is 9.69 Å². The van der Waals surface area contributed by atoms with Crippen LogP contribution in [0.5, 0.6) is 11.5 Å². The molecule has 1 amide bonds. The standard InChI is InChI=1S/C27H31FN2O4/c1-19-17-30(18-21-7-10-23(32-2)16-26(21)34-19)14-12-27(31)29-13-11-24(25-4-3-15-33-25)20-5-8-22(28)9-6-20/h3-10,15-16,19,24H,11-14,17-18H2,1-2H3,(H,29,31)/t19-,24-/m1/s1. The third-order valence-electron chi connectivity index (χ3n) is 6.08. The van der Waals surface area contributed by atoms with E-state index in [4.69, 9.17) is 13.9 Å². The molecule has 0 fully saturated rings. The van der Waals surface area contributed by atoms with Gasteiger partial charge in [-0.25, -0.2) is 4.39 Å². The molecule has 1 aromatic heterocycles. The lowest BCUT2D eigenvalue weighted by atomic mass is 9.93. The molecule has 0 spiro atoms. The number of carbonyl (C=O) groups excluding carboxylic acids is 1. The Bertz CT molecular complexity index is 1070. The van der Waals surface area contributed by atoms with Crippen LogP contribution in [0.4, 0.5) is 4.39 Å². The predicted octanol–water partition coefficient (Wildman–Crippen LogP) is 4.74. The van der Waals surface area contributed by atoms with Gasteiger partial charge in [-0.2, -0.15) is 0 Å². The number of rotatable bonds is 9. The number of furan rings is 1. The summed E-state index contributed by atoms with van der Waals surface area (Å²) in [7, 11) is 1.64. The Hall–Kier alpha value is -3.32. The molecule has 2 aromatic carbocycles. The van der Waals surface area contributed by atoms with Crippen LogP contribution in [-0.4, -0.2) is 43.7 Å². The highest BCUT2D eigenvalue weighted by molar-refractivity contribution is 5.76. The van der Waals surface area contributed by atoms with Gasteiger partial charge in [-0.05, 0) is 49.2 Å². The molecule has 4 rings (SSSR count).